The van der Waals surface area contributed by atoms with E-state index >= 15 is 0 Å². The van der Waals surface area contributed by atoms with E-state index in [-0.39, 0.29) is 16.9 Å². The van der Waals surface area contributed by atoms with Crippen LogP contribution in [0.25, 0.3) is 0 Å². The van der Waals surface area contributed by atoms with Crippen LogP contribution in [0, 0.1) is 0 Å². The number of methoxy groups -OCH3 is 2. The molecule has 0 unspecified atom stereocenters. The molecule has 0 saturated heterocycles. The number of carboxylic acid groups (broad SMARTS) is 1. The standard InChI is InChI=1S/C18H20N2O7S/c1-26-15-9-8-12(10-16(15)27-2)20(28(3,24)25)11-17(21)19-14-7-5-4-6-13(14)18(22)23/h4-10H,11H2,1-3H3,(H,19,21)(H,22,23). The molecule has 0 radical (unpaired) electrons. The van der Waals surface area contributed by atoms with Gasteiger partial charge in [0.25, 0.3) is 0 Å². The molecule has 10 heteroatoms. The van der Waals surface area contributed by atoms with E-state index in [0.717, 1.165) is 10.6 Å². The fourth-order valence-electron chi connectivity index (χ4n) is 2.48. The SMILES string of the molecule is COc1ccc(N(CC(=O)Nc2ccccc2C(=O)O)S(C)(=O)=O)cc1OC. The smallest absolute Gasteiger partial charge is 0.337 e. The summed E-state index contributed by atoms with van der Waals surface area (Å²) in [7, 11) is -0.968. The number of hydrogen-bond donors (Lipinski definition) is 2. The third-order valence-corrected chi connectivity index (χ3v) is 4.91. The maximum Gasteiger partial charge on any atom is 0.337 e. The summed E-state index contributed by atoms with van der Waals surface area (Å²) in [6, 6.07) is 10.3. The van der Waals surface area contributed by atoms with E-state index in [1.165, 1.54) is 50.6 Å². The number of carbonyl (C=O) groups is 2. The second-order valence-corrected chi connectivity index (χ2v) is 7.61. The van der Waals surface area contributed by atoms with Crippen LogP contribution in [0.1, 0.15) is 10.4 Å². The highest BCUT2D eigenvalue weighted by Crippen LogP contribution is 2.32. The second kappa shape index (κ2) is 8.61. The van der Waals surface area contributed by atoms with Crippen LogP contribution in [0.2, 0.25) is 0 Å². The van der Waals surface area contributed by atoms with Gasteiger partial charge in [0.15, 0.2) is 11.5 Å². The van der Waals surface area contributed by atoms with Crippen molar-refractivity contribution in [1.29, 1.82) is 0 Å². The number of carboxylic acids is 1. The number of anilines is 2. The number of sulfonamides is 1. The first kappa shape index (κ1) is 21.0. The Labute approximate surface area is 162 Å². The van der Waals surface area contributed by atoms with Crippen LogP contribution in [0.5, 0.6) is 11.5 Å². The predicted octanol–water partition coefficient (Wildman–Crippen LogP) is 1.81. The van der Waals surface area contributed by atoms with Gasteiger partial charge in [-0.2, -0.15) is 0 Å². The van der Waals surface area contributed by atoms with Gasteiger partial charge in [-0.1, -0.05) is 12.1 Å². The number of aromatic carboxylic acids is 1. The van der Waals surface area contributed by atoms with E-state index in [0.29, 0.717) is 11.5 Å². The molecule has 0 fully saturated rings. The molecule has 0 heterocycles. The highest BCUT2D eigenvalue weighted by atomic mass is 32.2. The normalized spacial score (nSPS) is 10.8. The molecule has 28 heavy (non-hydrogen) atoms. The Morgan fingerprint density at radius 3 is 2.29 bits per heavy atom. The number of nitrogens with zero attached hydrogens (tertiary/aromatic N) is 1. The summed E-state index contributed by atoms with van der Waals surface area (Å²) in [6.07, 6.45) is 0.960. The summed E-state index contributed by atoms with van der Waals surface area (Å²) in [4.78, 5) is 23.7. The van der Waals surface area contributed by atoms with Crippen molar-refractivity contribution in [1.82, 2.24) is 0 Å². The number of ether oxygens (including phenoxy) is 2. The van der Waals surface area contributed by atoms with Gasteiger partial charge < -0.3 is 19.9 Å². The van der Waals surface area contributed by atoms with Crippen LogP contribution in [-0.4, -0.2) is 52.4 Å². The lowest BCUT2D eigenvalue weighted by molar-refractivity contribution is -0.114. The molecule has 0 aromatic heterocycles. The average molecular weight is 408 g/mol. The van der Waals surface area contributed by atoms with Crippen LogP contribution < -0.4 is 19.1 Å². The van der Waals surface area contributed by atoms with Gasteiger partial charge >= 0.3 is 5.97 Å². The maximum absolute atomic E-state index is 12.4. The highest BCUT2D eigenvalue weighted by Gasteiger charge is 2.23. The second-order valence-electron chi connectivity index (χ2n) is 5.71. The van der Waals surface area contributed by atoms with Crippen molar-refractivity contribution in [3.8, 4) is 11.5 Å². The summed E-state index contributed by atoms with van der Waals surface area (Å²) in [5, 5.41) is 11.6. The quantitative estimate of drug-likeness (QED) is 0.683. The fourth-order valence-corrected chi connectivity index (χ4v) is 3.33. The van der Waals surface area contributed by atoms with Crippen molar-refractivity contribution >= 4 is 33.3 Å². The molecule has 2 rings (SSSR count). The van der Waals surface area contributed by atoms with Crippen LogP contribution >= 0.6 is 0 Å². The molecule has 150 valence electrons. The zero-order valence-corrected chi connectivity index (χ0v) is 16.3. The number of hydrogen-bond acceptors (Lipinski definition) is 6. The van der Waals surface area contributed by atoms with Gasteiger partial charge in [-0.3, -0.25) is 9.10 Å². The molecule has 2 N–H and O–H groups in total. The van der Waals surface area contributed by atoms with Crippen LogP contribution in [-0.2, 0) is 14.8 Å². The molecule has 0 bridgehead atoms. The largest absolute Gasteiger partial charge is 0.493 e. The molecule has 0 aliphatic heterocycles. The summed E-state index contributed by atoms with van der Waals surface area (Å²) in [6.45, 7) is -0.553. The van der Waals surface area contributed by atoms with E-state index in [1.807, 2.05) is 0 Å². The molecule has 1 amide bonds. The van der Waals surface area contributed by atoms with E-state index in [9.17, 15) is 23.1 Å². The number of amides is 1. The minimum Gasteiger partial charge on any atom is -0.493 e. The average Bonchev–Trinajstić information content (AvgIpc) is 2.65. The highest BCUT2D eigenvalue weighted by molar-refractivity contribution is 7.92. The van der Waals surface area contributed by atoms with Gasteiger partial charge in [-0.15, -0.1) is 0 Å². The predicted molar refractivity (Wildman–Crippen MR) is 104 cm³/mol. The Kier molecular flexibility index (Phi) is 6.47. The zero-order valence-electron chi connectivity index (χ0n) is 15.5. The summed E-state index contributed by atoms with van der Waals surface area (Å²) < 4.78 is 35.6. The molecule has 0 saturated carbocycles. The van der Waals surface area contributed by atoms with Crippen LogP contribution in [0.3, 0.4) is 0 Å². The van der Waals surface area contributed by atoms with Gasteiger partial charge in [0.1, 0.15) is 6.54 Å². The van der Waals surface area contributed by atoms with E-state index in [4.69, 9.17) is 9.47 Å². The van der Waals surface area contributed by atoms with Gasteiger partial charge in [-0.05, 0) is 24.3 Å². The van der Waals surface area contributed by atoms with Crippen molar-refractivity contribution in [3.63, 3.8) is 0 Å². The van der Waals surface area contributed by atoms with E-state index in [2.05, 4.69) is 5.32 Å². The number of benzene rings is 2. The van der Waals surface area contributed by atoms with E-state index < -0.39 is 28.4 Å². The molecule has 9 nitrogen and oxygen atoms in total. The van der Waals surface area contributed by atoms with Gasteiger partial charge in [0.05, 0.1) is 37.4 Å². The van der Waals surface area contributed by atoms with Crippen LogP contribution in [0.15, 0.2) is 42.5 Å². The maximum atomic E-state index is 12.4. The number of rotatable bonds is 8. The lowest BCUT2D eigenvalue weighted by Crippen LogP contribution is -2.37. The Balaban J connectivity index is 2.31. The monoisotopic (exact) mass is 408 g/mol. The zero-order chi connectivity index (χ0) is 20.9. The lowest BCUT2D eigenvalue weighted by Gasteiger charge is -2.23. The van der Waals surface area contributed by atoms with Crippen molar-refractivity contribution in [2.24, 2.45) is 0 Å². The Hall–Kier alpha value is -3.27. The lowest BCUT2D eigenvalue weighted by atomic mass is 10.2. The molecule has 2 aromatic carbocycles. The van der Waals surface area contributed by atoms with Crippen molar-refractivity contribution < 1.29 is 32.6 Å². The molecule has 0 atom stereocenters. The van der Waals surface area contributed by atoms with Gasteiger partial charge in [-0.25, -0.2) is 13.2 Å². The van der Waals surface area contributed by atoms with E-state index in [1.54, 1.807) is 6.07 Å². The topological polar surface area (TPSA) is 122 Å². The first-order valence-electron chi connectivity index (χ1n) is 7.99. The minimum atomic E-state index is -3.82. The first-order valence-corrected chi connectivity index (χ1v) is 9.84. The molecular formula is C18H20N2O7S. The summed E-state index contributed by atoms with van der Waals surface area (Å²) in [5.74, 6) is -1.21. The number of para-hydroxylation sites is 1. The Morgan fingerprint density at radius 2 is 1.71 bits per heavy atom. The Bertz CT molecular complexity index is 989. The Morgan fingerprint density at radius 1 is 1.07 bits per heavy atom. The van der Waals surface area contributed by atoms with Crippen molar-refractivity contribution in [3.05, 3.63) is 48.0 Å². The van der Waals surface area contributed by atoms with Crippen molar-refractivity contribution in [2.45, 2.75) is 0 Å². The van der Waals surface area contributed by atoms with Crippen molar-refractivity contribution in [2.75, 3.05) is 36.6 Å². The molecule has 0 aliphatic rings. The third-order valence-electron chi connectivity index (χ3n) is 3.77. The molecule has 0 aliphatic carbocycles. The number of carbonyl (C=O) groups excluding carboxylic acids is 1. The minimum absolute atomic E-state index is 0.0702. The molecule has 2 aromatic rings. The molecule has 0 spiro atoms. The van der Waals surface area contributed by atoms with Gasteiger partial charge in [0, 0.05) is 6.07 Å². The van der Waals surface area contributed by atoms with Gasteiger partial charge in [0.2, 0.25) is 15.9 Å². The third kappa shape index (κ3) is 4.92. The summed E-state index contributed by atoms with van der Waals surface area (Å²) >= 11 is 0. The number of nitrogens with one attached hydrogen (secondary N) is 1. The molecular weight excluding hydrogens is 388 g/mol. The first-order chi connectivity index (χ1) is 13.2. The fraction of sp³-hybridized carbons (Fsp3) is 0.222. The summed E-state index contributed by atoms with van der Waals surface area (Å²) in [5.41, 5.74) is 0.162. The van der Waals surface area contributed by atoms with Crippen LogP contribution in [0.4, 0.5) is 11.4 Å².